The third-order valence-corrected chi connectivity index (χ3v) is 6.94. The summed E-state index contributed by atoms with van der Waals surface area (Å²) in [4.78, 5) is 17.8. The summed E-state index contributed by atoms with van der Waals surface area (Å²) in [6, 6.07) is 25.1. The first-order valence-electron chi connectivity index (χ1n) is 11.3. The highest BCUT2D eigenvalue weighted by atomic mass is 32.2. The molecule has 1 aromatic heterocycles. The zero-order valence-electron chi connectivity index (χ0n) is 19.4. The van der Waals surface area contributed by atoms with E-state index in [2.05, 4.69) is 22.4 Å². The number of benzene rings is 3. The van der Waals surface area contributed by atoms with Gasteiger partial charge in [0.05, 0.1) is 22.2 Å². The molecule has 0 unspecified atom stereocenters. The van der Waals surface area contributed by atoms with Gasteiger partial charge in [0.2, 0.25) is 5.89 Å². The fraction of sp³-hybridized carbons (Fsp3) is 0.214. The number of nitrogens with one attached hydrogen (secondary N) is 1. The van der Waals surface area contributed by atoms with Crippen LogP contribution in [0.15, 0.2) is 88.2 Å². The van der Waals surface area contributed by atoms with Crippen molar-refractivity contribution in [3.05, 3.63) is 107 Å². The molecule has 0 aliphatic rings. The Morgan fingerprint density at radius 1 is 0.941 bits per heavy atom. The van der Waals surface area contributed by atoms with Crippen molar-refractivity contribution in [2.24, 2.45) is 0 Å². The van der Waals surface area contributed by atoms with E-state index < -0.39 is 10.8 Å². The lowest BCUT2D eigenvalue weighted by atomic mass is 10.1. The van der Waals surface area contributed by atoms with Gasteiger partial charge in [0.15, 0.2) is 0 Å². The summed E-state index contributed by atoms with van der Waals surface area (Å²) in [5.74, 6) is 1.30. The number of aryl methyl sites for hydroxylation is 3. The van der Waals surface area contributed by atoms with Gasteiger partial charge in [-0.3, -0.25) is 9.00 Å². The molecule has 1 amide bonds. The molecule has 6 heteroatoms. The van der Waals surface area contributed by atoms with Crippen molar-refractivity contribution >= 4 is 16.7 Å². The Kier molecular flexibility index (Phi) is 7.70. The molecule has 3 aromatic carbocycles. The lowest BCUT2D eigenvalue weighted by molar-refractivity contribution is 0.0953. The third kappa shape index (κ3) is 6.08. The van der Waals surface area contributed by atoms with Crippen LogP contribution in [0.1, 0.15) is 39.4 Å². The maximum absolute atomic E-state index is 12.7. The Morgan fingerprint density at radius 3 is 2.35 bits per heavy atom. The zero-order chi connectivity index (χ0) is 23.9. The van der Waals surface area contributed by atoms with Gasteiger partial charge in [0.25, 0.3) is 5.91 Å². The molecule has 0 bridgehead atoms. The fourth-order valence-corrected chi connectivity index (χ4v) is 4.71. The summed E-state index contributed by atoms with van der Waals surface area (Å²) < 4.78 is 18.5. The molecular formula is C28H28N2O3S. The average Bonchev–Trinajstić information content (AvgIpc) is 3.22. The molecular weight excluding hydrogens is 444 g/mol. The monoisotopic (exact) mass is 472 g/mol. The largest absolute Gasteiger partial charge is 0.441 e. The van der Waals surface area contributed by atoms with E-state index in [0.29, 0.717) is 35.2 Å². The van der Waals surface area contributed by atoms with Crippen LogP contribution in [0, 0.1) is 13.8 Å². The molecule has 5 nitrogen and oxygen atoms in total. The van der Waals surface area contributed by atoms with Crippen LogP contribution in [-0.2, 0) is 23.0 Å². The van der Waals surface area contributed by atoms with E-state index in [0.717, 1.165) is 28.9 Å². The number of nitrogens with zero attached hydrogens (tertiary/aromatic N) is 1. The second-order valence-corrected chi connectivity index (χ2v) is 9.70. The minimum atomic E-state index is -1.20. The Hall–Kier alpha value is -3.51. The molecule has 0 radical (unpaired) electrons. The highest BCUT2D eigenvalue weighted by Gasteiger charge is 2.16. The average molecular weight is 473 g/mol. The molecule has 0 aliphatic heterocycles. The summed E-state index contributed by atoms with van der Waals surface area (Å²) in [5.41, 5.74) is 4.44. The van der Waals surface area contributed by atoms with E-state index in [-0.39, 0.29) is 5.91 Å². The molecule has 0 fully saturated rings. The number of carbonyl (C=O) groups excluding carboxylic acids is 1. The topological polar surface area (TPSA) is 72.2 Å². The molecule has 1 atom stereocenters. The van der Waals surface area contributed by atoms with E-state index in [1.807, 2.05) is 68.4 Å². The van der Waals surface area contributed by atoms with Gasteiger partial charge >= 0.3 is 0 Å². The van der Waals surface area contributed by atoms with E-state index in [9.17, 15) is 9.00 Å². The van der Waals surface area contributed by atoms with Gasteiger partial charge in [-0.1, -0.05) is 48.0 Å². The van der Waals surface area contributed by atoms with Crippen LogP contribution in [0.25, 0.3) is 11.5 Å². The minimum Gasteiger partial charge on any atom is -0.441 e. The van der Waals surface area contributed by atoms with E-state index in [1.165, 1.54) is 5.56 Å². The molecule has 1 N–H and O–H groups in total. The molecule has 1 heterocycles. The molecule has 0 spiro atoms. The molecule has 4 rings (SSSR count). The summed E-state index contributed by atoms with van der Waals surface area (Å²) in [6.07, 6.45) is 1.82. The van der Waals surface area contributed by atoms with Crippen LogP contribution in [0.3, 0.4) is 0 Å². The van der Waals surface area contributed by atoms with Gasteiger partial charge in [-0.25, -0.2) is 4.98 Å². The minimum absolute atomic E-state index is 0.0996. The van der Waals surface area contributed by atoms with Crippen LogP contribution in [-0.4, -0.2) is 21.6 Å². The van der Waals surface area contributed by atoms with Gasteiger partial charge in [0, 0.05) is 22.6 Å². The standard InChI is InChI=1S/C28H28N2O3S/c1-20-10-16-25(17-11-20)34(32)19-26-21(2)33-28(30-26)24-14-12-23(13-15-24)27(31)29-18-6-9-22-7-4-3-5-8-22/h3-5,7-8,10-17H,6,9,18-19H2,1-2H3,(H,29,31)/t34-/m1/s1. The molecule has 34 heavy (non-hydrogen) atoms. The number of aromatic nitrogens is 1. The molecule has 174 valence electrons. The second kappa shape index (κ2) is 11.1. The summed E-state index contributed by atoms with van der Waals surface area (Å²) in [6.45, 7) is 4.45. The highest BCUT2D eigenvalue weighted by Crippen LogP contribution is 2.24. The SMILES string of the molecule is Cc1ccc([S@](=O)Cc2nc(-c3ccc(C(=O)NCCCc4ccccc4)cc3)oc2C)cc1. The van der Waals surface area contributed by atoms with Crippen molar-refractivity contribution in [1.82, 2.24) is 10.3 Å². The fourth-order valence-electron chi connectivity index (χ4n) is 3.59. The van der Waals surface area contributed by atoms with Crippen molar-refractivity contribution < 1.29 is 13.4 Å². The lowest BCUT2D eigenvalue weighted by Gasteiger charge is -2.06. The Bertz CT molecular complexity index is 1260. The predicted molar refractivity (Wildman–Crippen MR) is 135 cm³/mol. The van der Waals surface area contributed by atoms with Crippen LogP contribution in [0.5, 0.6) is 0 Å². The zero-order valence-corrected chi connectivity index (χ0v) is 20.2. The van der Waals surface area contributed by atoms with Crippen LogP contribution in [0.4, 0.5) is 0 Å². The number of hydrogen-bond acceptors (Lipinski definition) is 4. The second-order valence-electron chi connectivity index (χ2n) is 8.25. The number of hydrogen-bond donors (Lipinski definition) is 1. The number of amides is 1. The highest BCUT2D eigenvalue weighted by molar-refractivity contribution is 7.84. The summed E-state index contributed by atoms with van der Waals surface area (Å²) in [5, 5.41) is 2.97. The lowest BCUT2D eigenvalue weighted by Crippen LogP contribution is -2.24. The van der Waals surface area contributed by atoms with E-state index in [1.54, 1.807) is 12.1 Å². The maximum Gasteiger partial charge on any atom is 0.251 e. The Labute approximate surface area is 202 Å². The van der Waals surface area contributed by atoms with Crippen molar-refractivity contribution in [3.63, 3.8) is 0 Å². The first-order valence-corrected chi connectivity index (χ1v) is 12.7. The van der Waals surface area contributed by atoms with Crippen LogP contribution >= 0.6 is 0 Å². The molecule has 0 saturated heterocycles. The Morgan fingerprint density at radius 2 is 1.65 bits per heavy atom. The van der Waals surface area contributed by atoms with Crippen LogP contribution in [0.2, 0.25) is 0 Å². The number of carbonyl (C=O) groups is 1. The number of rotatable bonds is 9. The van der Waals surface area contributed by atoms with E-state index in [4.69, 9.17) is 4.42 Å². The van der Waals surface area contributed by atoms with Gasteiger partial charge in [-0.05, 0) is 68.7 Å². The van der Waals surface area contributed by atoms with Crippen molar-refractivity contribution in [1.29, 1.82) is 0 Å². The van der Waals surface area contributed by atoms with Crippen LogP contribution < -0.4 is 5.32 Å². The Balaban J connectivity index is 1.33. The molecule has 0 saturated carbocycles. The summed E-state index contributed by atoms with van der Waals surface area (Å²) >= 11 is 0. The quantitative estimate of drug-likeness (QED) is 0.321. The molecule has 0 aliphatic carbocycles. The predicted octanol–water partition coefficient (Wildman–Crippen LogP) is 5.63. The van der Waals surface area contributed by atoms with Gasteiger partial charge in [0.1, 0.15) is 5.76 Å². The molecule has 4 aromatic rings. The van der Waals surface area contributed by atoms with Gasteiger partial charge < -0.3 is 9.73 Å². The summed E-state index contributed by atoms with van der Waals surface area (Å²) in [7, 11) is -1.20. The maximum atomic E-state index is 12.7. The smallest absolute Gasteiger partial charge is 0.251 e. The van der Waals surface area contributed by atoms with Crippen molar-refractivity contribution in [2.75, 3.05) is 6.54 Å². The van der Waals surface area contributed by atoms with Gasteiger partial charge in [-0.15, -0.1) is 0 Å². The van der Waals surface area contributed by atoms with Crippen molar-refractivity contribution in [3.8, 4) is 11.5 Å². The van der Waals surface area contributed by atoms with Gasteiger partial charge in [-0.2, -0.15) is 0 Å². The third-order valence-electron chi connectivity index (χ3n) is 5.61. The number of oxazole rings is 1. The van der Waals surface area contributed by atoms with E-state index >= 15 is 0 Å². The normalized spacial score (nSPS) is 11.8. The van der Waals surface area contributed by atoms with Crippen molar-refractivity contribution in [2.45, 2.75) is 37.3 Å². The first kappa shape index (κ1) is 23.6. The first-order chi connectivity index (χ1) is 16.5.